The molecule has 0 radical (unpaired) electrons. The normalized spacial score (nSPS) is 31.3. The fraction of sp³-hybridized carbons (Fsp3) is 0.550. The van der Waals surface area contributed by atoms with Gasteiger partial charge in [0, 0.05) is 35.7 Å². The van der Waals surface area contributed by atoms with E-state index in [1.54, 1.807) is 7.11 Å². The van der Waals surface area contributed by atoms with Gasteiger partial charge in [-0.3, -0.25) is 9.69 Å². The van der Waals surface area contributed by atoms with Crippen molar-refractivity contribution in [2.24, 2.45) is 5.92 Å². The summed E-state index contributed by atoms with van der Waals surface area (Å²) in [6, 6.07) is 6.20. The van der Waals surface area contributed by atoms with Crippen LogP contribution in [0.5, 0.6) is 5.75 Å². The summed E-state index contributed by atoms with van der Waals surface area (Å²) in [5.41, 5.74) is 2.71. The number of carbonyl (C=O) groups excluding carboxylic acids is 1. The Morgan fingerprint density at radius 1 is 1.32 bits per heavy atom. The van der Waals surface area contributed by atoms with Crippen LogP contribution in [0.4, 0.5) is 0 Å². The van der Waals surface area contributed by atoms with Gasteiger partial charge in [-0.25, -0.2) is 0 Å². The van der Waals surface area contributed by atoms with Crippen molar-refractivity contribution in [3.8, 4) is 5.75 Å². The number of ether oxygens (including phenoxy) is 2. The van der Waals surface area contributed by atoms with E-state index >= 15 is 0 Å². The first-order valence-corrected chi connectivity index (χ1v) is 9.02. The molecule has 0 saturated carbocycles. The molecule has 1 aromatic heterocycles. The number of rotatable bonds is 2. The van der Waals surface area contributed by atoms with Crippen LogP contribution in [0.1, 0.15) is 31.5 Å². The first-order valence-electron chi connectivity index (χ1n) is 9.02. The van der Waals surface area contributed by atoms with Gasteiger partial charge >= 0.3 is 5.97 Å². The number of fused-ring (bicyclic) bond motifs is 6. The monoisotopic (exact) mass is 342 g/mol. The van der Waals surface area contributed by atoms with E-state index in [4.69, 9.17) is 9.47 Å². The van der Waals surface area contributed by atoms with E-state index in [0.29, 0.717) is 5.92 Å². The predicted molar refractivity (Wildman–Crippen MR) is 97.1 cm³/mol. The van der Waals surface area contributed by atoms with Crippen molar-refractivity contribution in [1.82, 2.24) is 9.88 Å². The Bertz CT molecular complexity index is 828. The molecule has 3 heterocycles. The van der Waals surface area contributed by atoms with Gasteiger partial charge in [-0.2, -0.15) is 0 Å². The molecule has 0 amide bonds. The summed E-state index contributed by atoms with van der Waals surface area (Å²) in [7, 11) is 3.19. The Balaban J connectivity index is 2.00. The van der Waals surface area contributed by atoms with Crippen LogP contribution in [0, 0.1) is 5.92 Å². The van der Waals surface area contributed by atoms with E-state index in [2.05, 4.69) is 29.8 Å². The summed E-state index contributed by atoms with van der Waals surface area (Å²) < 4.78 is 10.7. The summed E-state index contributed by atoms with van der Waals surface area (Å²) in [6.07, 6.45) is 1.74. The van der Waals surface area contributed by atoms with Gasteiger partial charge in [0.05, 0.1) is 14.2 Å². The van der Waals surface area contributed by atoms with Crippen molar-refractivity contribution in [2.45, 2.75) is 38.1 Å². The largest absolute Gasteiger partial charge is 0.497 e. The molecule has 5 heteroatoms. The summed E-state index contributed by atoms with van der Waals surface area (Å²) >= 11 is 0. The molecule has 25 heavy (non-hydrogen) atoms. The molecule has 1 N–H and O–H groups in total. The maximum atomic E-state index is 13.1. The van der Waals surface area contributed by atoms with E-state index in [1.165, 1.54) is 12.7 Å². The molecule has 134 valence electrons. The standard InChI is InChI=1S/C20H26N2O3/c1-12-10-20(19(23)25-4)13(2)22(11-12)8-7-15-16-9-14(24-3)5-6-17(16)21-18(15)20/h5-6,9,12-13,21H,7-8,10-11H2,1-4H3/t12-,13?,20?/m0/s1. The van der Waals surface area contributed by atoms with Crippen LogP contribution in [-0.2, 0) is 21.4 Å². The van der Waals surface area contributed by atoms with Crippen molar-refractivity contribution in [1.29, 1.82) is 0 Å². The van der Waals surface area contributed by atoms with Crippen molar-refractivity contribution in [3.05, 3.63) is 29.5 Å². The second-order valence-corrected chi connectivity index (χ2v) is 7.58. The van der Waals surface area contributed by atoms with Crippen LogP contribution in [0.3, 0.4) is 0 Å². The number of hydrogen-bond acceptors (Lipinski definition) is 4. The summed E-state index contributed by atoms with van der Waals surface area (Å²) in [5.74, 6) is 1.16. The van der Waals surface area contributed by atoms with Crippen molar-refractivity contribution in [2.75, 3.05) is 27.3 Å². The molecule has 2 aliphatic heterocycles. The summed E-state index contributed by atoms with van der Waals surface area (Å²) in [5, 5.41) is 1.16. The maximum absolute atomic E-state index is 13.1. The number of aromatic amines is 1. The van der Waals surface area contributed by atoms with Gasteiger partial charge in [0.2, 0.25) is 0 Å². The molecule has 4 rings (SSSR count). The molecule has 0 spiro atoms. The second kappa shape index (κ2) is 5.77. The molecule has 0 aliphatic carbocycles. The van der Waals surface area contributed by atoms with Gasteiger partial charge in [0.25, 0.3) is 0 Å². The van der Waals surface area contributed by atoms with E-state index in [0.717, 1.165) is 48.3 Å². The number of carbonyl (C=O) groups is 1. The van der Waals surface area contributed by atoms with E-state index in [9.17, 15) is 4.79 Å². The lowest BCUT2D eigenvalue weighted by atomic mass is 9.68. The lowest BCUT2D eigenvalue weighted by Crippen LogP contribution is -2.59. The lowest BCUT2D eigenvalue weighted by Gasteiger charge is -2.47. The molecule has 1 aromatic carbocycles. The van der Waals surface area contributed by atoms with Crippen LogP contribution in [0.25, 0.3) is 10.9 Å². The molecule has 1 saturated heterocycles. The predicted octanol–water partition coefficient (Wildman–Crippen LogP) is 2.87. The number of methoxy groups -OCH3 is 2. The number of esters is 1. The Kier molecular flexibility index (Phi) is 3.80. The van der Waals surface area contributed by atoms with Crippen LogP contribution in [-0.4, -0.2) is 49.2 Å². The Hall–Kier alpha value is -2.01. The minimum atomic E-state index is -0.634. The average Bonchev–Trinajstić information content (AvgIpc) is 2.96. The van der Waals surface area contributed by atoms with Crippen LogP contribution in [0.2, 0.25) is 0 Å². The Morgan fingerprint density at radius 3 is 2.84 bits per heavy atom. The zero-order valence-electron chi connectivity index (χ0n) is 15.4. The fourth-order valence-electron chi connectivity index (χ4n) is 5.04. The quantitative estimate of drug-likeness (QED) is 0.853. The summed E-state index contributed by atoms with van der Waals surface area (Å²) in [4.78, 5) is 19.1. The molecule has 1 fully saturated rings. The number of benzene rings is 1. The highest BCUT2D eigenvalue weighted by atomic mass is 16.5. The number of hydrogen-bond donors (Lipinski definition) is 1. The molecular weight excluding hydrogens is 316 g/mol. The van der Waals surface area contributed by atoms with Gasteiger partial charge in [-0.15, -0.1) is 0 Å². The highest BCUT2D eigenvalue weighted by Gasteiger charge is 2.55. The zero-order valence-corrected chi connectivity index (χ0v) is 15.4. The van der Waals surface area contributed by atoms with Gasteiger partial charge < -0.3 is 14.5 Å². The second-order valence-electron chi connectivity index (χ2n) is 7.58. The molecule has 2 bridgehead atoms. The highest BCUT2D eigenvalue weighted by Crippen LogP contribution is 2.47. The number of piperidine rings is 1. The number of H-pyrrole nitrogens is 1. The minimum Gasteiger partial charge on any atom is -0.497 e. The van der Waals surface area contributed by atoms with E-state index < -0.39 is 5.41 Å². The number of aromatic nitrogens is 1. The molecule has 2 aromatic rings. The van der Waals surface area contributed by atoms with Crippen LogP contribution >= 0.6 is 0 Å². The highest BCUT2D eigenvalue weighted by molar-refractivity contribution is 5.92. The summed E-state index contributed by atoms with van der Waals surface area (Å²) in [6.45, 7) is 6.39. The first kappa shape index (κ1) is 16.5. The van der Waals surface area contributed by atoms with Gasteiger partial charge in [-0.05, 0) is 49.4 Å². The van der Waals surface area contributed by atoms with Crippen LogP contribution in [0.15, 0.2) is 18.2 Å². The van der Waals surface area contributed by atoms with E-state index in [1.807, 2.05) is 12.1 Å². The van der Waals surface area contributed by atoms with Gasteiger partial charge in [-0.1, -0.05) is 6.92 Å². The third-order valence-electron chi connectivity index (χ3n) is 6.24. The lowest BCUT2D eigenvalue weighted by molar-refractivity contribution is -0.154. The van der Waals surface area contributed by atoms with E-state index in [-0.39, 0.29) is 12.0 Å². The smallest absolute Gasteiger partial charge is 0.319 e. The van der Waals surface area contributed by atoms with Crippen molar-refractivity contribution < 1.29 is 14.3 Å². The Labute approximate surface area is 148 Å². The molecule has 3 unspecified atom stereocenters. The zero-order chi connectivity index (χ0) is 17.8. The first-order chi connectivity index (χ1) is 12.0. The minimum absolute atomic E-state index is 0.118. The molecule has 5 nitrogen and oxygen atoms in total. The fourth-order valence-corrected chi connectivity index (χ4v) is 5.04. The maximum Gasteiger partial charge on any atom is 0.319 e. The molecule has 4 atom stereocenters. The SMILES string of the molecule is COC(=O)C12C[C@H](C)CN(CCc3c1[nH]c1ccc(OC)cc31)C2C. The third kappa shape index (κ3) is 2.21. The van der Waals surface area contributed by atoms with Crippen LogP contribution < -0.4 is 4.74 Å². The molecular formula is C20H26N2O3. The average molecular weight is 342 g/mol. The number of nitrogens with one attached hydrogen (secondary N) is 1. The van der Waals surface area contributed by atoms with Gasteiger partial charge in [0.1, 0.15) is 11.2 Å². The van der Waals surface area contributed by atoms with Crippen molar-refractivity contribution >= 4 is 16.9 Å². The number of nitrogens with zero attached hydrogens (tertiary/aromatic N) is 1. The molecule has 2 aliphatic rings. The van der Waals surface area contributed by atoms with Gasteiger partial charge in [0.15, 0.2) is 0 Å². The van der Waals surface area contributed by atoms with Crippen molar-refractivity contribution in [3.63, 3.8) is 0 Å². The Morgan fingerprint density at radius 2 is 2.12 bits per heavy atom. The third-order valence-corrected chi connectivity index (χ3v) is 6.24. The topological polar surface area (TPSA) is 54.6 Å².